The average Bonchev–Trinajstić information content (AvgIpc) is 2.44. The summed E-state index contributed by atoms with van der Waals surface area (Å²) in [6, 6.07) is 7.47. The van der Waals surface area contributed by atoms with Crippen LogP contribution < -0.4 is 10.5 Å². The summed E-state index contributed by atoms with van der Waals surface area (Å²) in [5.74, 6) is -1.02. The number of amidine groups is 1. The minimum absolute atomic E-state index is 0.0975. The fourth-order valence-electron chi connectivity index (χ4n) is 1.77. The van der Waals surface area contributed by atoms with E-state index in [1.165, 1.54) is 12.1 Å². The average molecular weight is 355 g/mol. The monoisotopic (exact) mass is 354 g/mol. The fraction of sp³-hybridized carbons (Fsp3) is 0.133. The van der Waals surface area contributed by atoms with Crippen molar-refractivity contribution in [3.63, 3.8) is 0 Å². The number of hydrogen-bond acceptors (Lipinski definition) is 2. The molecule has 0 saturated heterocycles. The third-order valence-corrected chi connectivity index (χ3v) is 3.62. The Balaban J connectivity index is 2.26. The Morgan fingerprint density at radius 3 is 2.67 bits per heavy atom. The molecule has 0 fully saturated rings. The number of nitrogens with one attached hydrogen (secondary N) is 1. The molecule has 0 saturated carbocycles. The topological polar surface area (TPSA) is 59.1 Å². The molecule has 0 bridgehead atoms. The first-order valence-electron chi connectivity index (χ1n) is 6.10. The Hall–Kier alpha value is -1.95. The Bertz CT molecular complexity index is 704. The SMILES string of the molecule is Cc1ccc(C(=N)N)cc1OCc1c(F)ccc(Br)c1F. The quantitative estimate of drug-likeness (QED) is 0.497. The lowest BCUT2D eigenvalue weighted by Gasteiger charge is -2.12. The van der Waals surface area contributed by atoms with Crippen LogP contribution >= 0.6 is 15.9 Å². The number of hydrogen-bond donors (Lipinski definition) is 2. The molecule has 21 heavy (non-hydrogen) atoms. The minimum atomic E-state index is -0.685. The van der Waals surface area contributed by atoms with Gasteiger partial charge in [-0.05, 0) is 46.6 Å². The van der Waals surface area contributed by atoms with Gasteiger partial charge in [-0.15, -0.1) is 0 Å². The Morgan fingerprint density at radius 2 is 2.00 bits per heavy atom. The van der Waals surface area contributed by atoms with Crippen LogP contribution in [0, 0.1) is 24.0 Å². The highest BCUT2D eigenvalue weighted by molar-refractivity contribution is 9.10. The van der Waals surface area contributed by atoms with E-state index >= 15 is 0 Å². The van der Waals surface area contributed by atoms with Crippen LogP contribution in [0.5, 0.6) is 5.75 Å². The lowest BCUT2D eigenvalue weighted by molar-refractivity contribution is 0.290. The highest BCUT2D eigenvalue weighted by Crippen LogP contribution is 2.25. The van der Waals surface area contributed by atoms with E-state index in [0.29, 0.717) is 11.3 Å². The van der Waals surface area contributed by atoms with Crippen LogP contribution in [0.15, 0.2) is 34.8 Å². The standard InChI is InChI=1S/C15H13BrF2N2O/c1-8-2-3-9(15(19)20)6-13(8)21-7-10-12(17)5-4-11(16)14(10)18/h2-6H,7H2,1H3,(H3,19,20). The first-order chi connectivity index (χ1) is 9.90. The molecule has 6 heteroatoms. The van der Waals surface area contributed by atoms with E-state index in [4.69, 9.17) is 15.9 Å². The fourth-order valence-corrected chi connectivity index (χ4v) is 2.15. The summed E-state index contributed by atoms with van der Waals surface area (Å²) in [6.07, 6.45) is 0. The van der Waals surface area contributed by atoms with Crippen LogP contribution in [0.4, 0.5) is 8.78 Å². The minimum Gasteiger partial charge on any atom is -0.488 e. The molecule has 0 radical (unpaired) electrons. The van der Waals surface area contributed by atoms with E-state index < -0.39 is 11.6 Å². The van der Waals surface area contributed by atoms with Crippen LogP contribution in [0.1, 0.15) is 16.7 Å². The molecule has 3 N–H and O–H groups in total. The van der Waals surface area contributed by atoms with Gasteiger partial charge in [0.2, 0.25) is 0 Å². The molecule has 0 amide bonds. The second kappa shape index (κ2) is 6.22. The molecule has 3 nitrogen and oxygen atoms in total. The van der Waals surface area contributed by atoms with Crippen molar-refractivity contribution in [2.45, 2.75) is 13.5 Å². The van der Waals surface area contributed by atoms with Crippen molar-refractivity contribution < 1.29 is 13.5 Å². The lowest BCUT2D eigenvalue weighted by Crippen LogP contribution is -2.11. The predicted molar refractivity (Wildman–Crippen MR) is 80.6 cm³/mol. The van der Waals surface area contributed by atoms with Crippen LogP contribution in [-0.2, 0) is 6.61 Å². The normalized spacial score (nSPS) is 10.5. The lowest BCUT2D eigenvalue weighted by atomic mass is 10.1. The number of nitrogens with two attached hydrogens (primary N) is 1. The van der Waals surface area contributed by atoms with Crippen molar-refractivity contribution in [3.8, 4) is 5.75 Å². The first-order valence-corrected chi connectivity index (χ1v) is 6.89. The van der Waals surface area contributed by atoms with Gasteiger partial charge in [0, 0.05) is 5.56 Å². The van der Waals surface area contributed by atoms with Gasteiger partial charge in [-0.25, -0.2) is 8.78 Å². The van der Waals surface area contributed by atoms with E-state index in [1.54, 1.807) is 25.1 Å². The molecule has 0 heterocycles. The van der Waals surface area contributed by atoms with E-state index in [1.807, 2.05) is 0 Å². The number of halogens is 3. The van der Waals surface area contributed by atoms with Crippen molar-refractivity contribution in [2.24, 2.45) is 5.73 Å². The van der Waals surface area contributed by atoms with Crippen LogP contribution in [-0.4, -0.2) is 5.84 Å². The van der Waals surface area contributed by atoms with E-state index in [0.717, 1.165) is 5.56 Å². The Labute approximate surface area is 129 Å². The maximum atomic E-state index is 13.9. The van der Waals surface area contributed by atoms with E-state index in [9.17, 15) is 8.78 Å². The van der Waals surface area contributed by atoms with Crippen molar-refractivity contribution in [1.29, 1.82) is 5.41 Å². The molecule has 0 atom stereocenters. The number of nitrogen functional groups attached to an aromatic ring is 1. The van der Waals surface area contributed by atoms with Crippen molar-refractivity contribution in [3.05, 3.63) is 63.1 Å². The molecule has 110 valence electrons. The molecule has 2 rings (SSSR count). The molecule has 0 aliphatic heterocycles. The summed E-state index contributed by atoms with van der Waals surface area (Å²) in [4.78, 5) is 0. The van der Waals surface area contributed by atoms with Crippen LogP contribution in [0.2, 0.25) is 0 Å². The van der Waals surface area contributed by atoms with E-state index in [2.05, 4.69) is 15.9 Å². The predicted octanol–water partition coefficient (Wildman–Crippen LogP) is 3.90. The number of rotatable bonds is 4. The van der Waals surface area contributed by atoms with Gasteiger partial charge in [0.15, 0.2) is 0 Å². The van der Waals surface area contributed by atoms with Gasteiger partial charge in [0.1, 0.15) is 29.8 Å². The highest BCUT2D eigenvalue weighted by Gasteiger charge is 2.14. The molecule has 0 aliphatic carbocycles. The van der Waals surface area contributed by atoms with Gasteiger partial charge in [0.25, 0.3) is 0 Å². The first kappa shape index (κ1) is 15.4. The number of ether oxygens (including phenoxy) is 1. The smallest absolute Gasteiger partial charge is 0.146 e. The maximum absolute atomic E-state index is 13.9. The van der Waals surface area contributed by atoms with E-state index in [-0.39, 0.29) is 22.5 Å². The third-order valence-electron chi connectivity index (χ3n) is 3.01. The van der Waals surface area contributed by atoms with Gasteiger partial charge < -0.3 is 10.5 Å². The van der Waals surface area contributed by atoms with Gasteiger partial charge >= 0.3 is 0 Å². The zero-order valence-corrected chi connectivity index (χ0v) is 12.8. The largest absolute Gasteiger partial charge is 0.488 e. The third kappa shape index (κ3) is 3.39. The molecule has 2 aromatic rings. The molecule has 0 aliphatic rings. The van der Waals surface area contributed by atoms with Gasteiger partial charge in [0.05, 0.1) is 10.0 Å². The summed E-state index contributed by atoms with van der Waals surface area (Å²) in [7, 11) is 0. The molecule has 2 aromatic carbocycles. The zero-order chi connectivity index (χ0) is 15.6. The van der Waals surface area contributed by atoms with Gasteiger partial charge in [-0.2, -0.15) is 0 Å². The summed E-state index contributed by atoms with van der Waals surface area (Å²) in [6.45, 7) is 1.55. The summed E-state index contributed by atoms with van der Waals surface area (Å²) >= 11 is 3.01. The summed E-state index contributed by atoms with van der Waals surface area (Å²) in [5, 5.41) is 7.39. The highest BCUT2D eigenvalue weighted by atomic mass is 79.9. The number of aryl methyl sites for hydroxylation is 1. The van der Waals surface area contributed by atoms with Crippen molar-refractivity contribution >= 4 is 21.8 Å². The zero-order valence-electron chi connectivity index (χ0n) is 11.2. The Morgan fingerprint density at radius 1 is 1.29 bits per heavy atom. The molecular formula is C15H13BrF2N2O. The molecule has 0 spiro atoms. The summed E-state index contributed by atoms with van der Waals surface area (Å²) < 4.78 is 33.2. The molecule has 0 unspecified atom stereocenters. The molecular weight excluding hydrogens is 342 g/mol. The van der Waals surface area contributed by atoms with Gasteiger partial charge in [-0.1, -0.05) is 12.1 Å². The van der Waals surface area contributed by atoms with Crippen molar-refractivity contribution in [1.82, 2.24) is 0 Å². The Kier molecular flexibility index (Phi) is 4.57. The van der Waals surface area contributed by atoms with Gasteiger partial charge in [-0.3, -0.25) is 5.41 Å². The maximum Gasteiger partial charge on any atom is 0.146 e. The number of benzene rings is 2. The second-order valence-corrected chi connectivity index (χ2v) is 5.36. The summed E-state index contributed by atoms with van der Waals surface area (Å²) in [5.41, 5.74) is 6.53. The van der Waals surface area contributed by atoms with Crippen LogP contribution in [0.3, 0.4) is 0 Å². The van der Waals surface area contributed by atoms with Crippen LogP contribution in [0.25, 0.3) is 0 Å². The molecule has 0 aromatic heterocycles. The second-order valence-electron chi connectivity index (χ2n) is 4.50. The van der Waals surface area contributed by atoms with Crippen molar-refractivity contribution in [2.75, 3.05) is 0 Å².